The minimum Gasteiger partial charge on any atom is -0.479 e. The number of hydrogen-bond acceptors (Lipinski definition) is 4. The minimum atomic E-state index is -1.01. The van der Waals surface area contributed by atoms with Crippen molar-refractivity contribution in [3.63, 3.8) is 0 Å². The number of hydrogen-bond donors (Lipinski definition) is 1. The van der Waals surface area contributed by atoms with Crippen LogP contribution in [-0.2, 0) is 19.1 Å². The third kappa shape index (κ3) is 2.64. The van der Waals surface area contributed by atoms with E-state index in [0.717, 1.165) is 19.3 Å². The Hall–Kier alpha value is -1.14. The average Bonchev–Trinajstić information content (AvgIpc) is 3.17. The Balaban J connectivity index is 1.94. The minimum absolute atomic E-state index is 0.0640. The fraction of sp³-hybridized carbons (Fsp3) is 0.833. The standard InChI is InChI=1S/C12H19NO5/c1-17-6-4-12(2-3-12)11(16)13-5-7-18-9(8-13)10(14)15/h9H,2-8H2,1H3,(H,14,15). The maximum absolute atomic E-state index is 12.4. The molecule has 0 spiro atoms. The number of ether oxygens (including phenoxy) is 2. The van der Waals surface area contributed by atoms with E-state index in [1.54, 1.807) is 12.0 Å². The van der Waals surface area contributed by atoms with E-state index in [2.05, 4.69) is 0 Å². The number of carboxylic acids is 1. The predicted molar refractivity (Wildman–Crippen MR) is 62.1 cm³/mol. The first kappa shape index (κ1) is 13.3. The number of carbonyl (C=O) groups is 2. The zero-order valence-electron chi connectivity index (χ0n) is 10.6. The quantitative estimate of drug-likeness (QED) is 0.756. The van der Waals surface area contributed by atoms with Gasteiger partial charge < -0.3 is 19.5 Å². The van der Waals surface area contributed by atoms with Crippen LogP contribution in [-0.4, -0.2) is 61.4 Å². The van der Waals surface area contributed by atoms with Crippen LogP contribution in [0, 0.1) is 5.41 Å². The molecule has 1 aliphatic carbocycles. The molecule has 0 radical (unpaired) electrons. The largest absolute Gasteiger partial charge is 0.479 e. The van der Waals surface area contributed by atoms with E-state index in [0.29, 0.717) is 19.8 Å². The zero-order chi connectivity index (χ0) is 13.2. The van der Waals surface area contributed by atoms with Crippen molar-refractivity contribution in [3.8, 4) is 0 Å². The lowest BCUT2D eigenvalue weighted by molar-refractivity contribution is -0.161. The van der Waals surface area contributed by atoms with Gasteiger partial charge in [-0.2, -0.15) is 0 Å². The molecule has 0 aromatic heterocycles. The molecule has 1 saturated carbocycles. The van der Waals surface area contributed by atoms with Crippen molar-refractivity contribution >= 4 is 11.9 Å². The second-order valence-corrected chi connectivity index (χ2v) is 4.97. The van der Waals surface area contributed by atoms with Crippen molar-refractivity contribution in [2.45, 2.75) is 25.4 Å². The van der Waals surface area contributed by atoms with Crippen molar-refractivity contribution in [1.82, 2.24) is 4.90 Å². The Labute approximate surface area is 106 Å². The van der Waals surface area contributed by atoms with Gasteiger partial charge in [0.1, 0.15) is 0 Å². The molecule has 1 amide bonds. The molecular formula is C12H19NO5. The molecule has 1 N–H and O–H groups in total. The van der Waals surface area contributed by atoms with Gasteiger partial charge in [0.2, 0.25) is 5.91 Å². The van der Waals surface area contributed by atoms with E-state index >= 15 is 0 Å². The van der Waals surface area contributed by atoms with Crippen LogP contribution in [0.5, 0.6) is 0 Å². The number of carboxylic acid groups (broad SMARTS) is 1. The van der Waals surface area contributed by atoms with Gasteiger partial charge >= 0.3 is 5.97 Å². The molecular weight excluding hydrogens is 238 g/mol. The summed E-state index contributed by atoms with van der Waals surface area (Å²) >= 11 is 0. The van der Waals surface area contributed by atoms with Crippen molar-refractivity contribution in [2.75, 3.05) is 33.4 Å². The first-order valence-electron chi connectivity index (χ1n) is 6.22. The summed E-state index contributed by atoms with van der Waals surface area (Å²) in [7, 11) is 1.62. The van der Waals surface area contributed by atoms with E-state index in [1.165, 1.54) is 0 Å². The molecule has 18 heavy (non-hydrogen) atoms. The first-order valence-corrected chi connectivity index (χ1v) is 6.22. The molecule has 1 unspecified atom stereocenters. The molecule has 2 rings (SSSR count). The second kappa shape index (κ2) is 5.24. The average molecular weight is 257 g/mol. The molecule has 2 aliphatic rings. The summed E-state index contributed by atoms with van der Waals surface area (Å²) in [5.41, 5.74) is -0.295. The van der Waals surface area contributed by atoms with E-state index in [-0.39, 0.29) is 17.9 Å². The van der Waals surface area contributed by atoms with Gasteiger partial charge in [-0.05, 0) is 19.3 Å². The first-order chi connectivity index (χ1) is 8.59. The zero-order valence-corrected chi connectivity index (χ0v) is 10.6. The van der Waals surface area contributed by atoms with Crippen LogP contribution in [0.3, 0.4) is 0 Å². The van der Waals surface area contributed by atoms with Gasteiger partial charge in [-0.25, -0.2) is 4.79 Å². The van der Waals surface area contributed by atoms with Gasteiger partial charge in [-0.1, -0.05) is 0 Å². The Morgan fingerprint density at radius 1 is 1.50 bits per heavy atom. The molecule has 2 fully saturated rings. The normalized spacial score (nSPS) is 25.8. The molecule has 1 aliphatic heterocycles. The number of morpholine rings is 1. The SMILES string of the molecule is COCCC1(C(=O)N2CCOC(C(=O)O)C2)CC1. The lowest BCUT2D eigenvalue weighted by Crippen LogP contribution is -2.50. The second-order valence-electron chi connectivity index (χ2n) is 4.97. The van der Waals surface area contributed by atoms with Gasteiger partial charge in [0.15, 0.2) is 6.10 Å². The van der Waals surface area contributed by atoms with Crippen LogP contribution in [0.15, 0.2) is 0 Å². The third-order valence-electron chi connectivity index (χ3n) is 3.72. The molecule has 0 aromatic carbocycles. The van der Waals surface area contributed by atoms with Crippen molar-refractivity contribution < 1.29 is 24.2 Å². The van der Waals surface area contributed by atoms with Crippen molar-refractivity contribution in [3.05, 3.63) is 0 Å². The monoisotopic (exact) mass is 257 g/mol. The summed E-state index contributed by atoms with van der Waals surface area (Å²) < 4.78 is 10.1. The Bertz CT molecular complexity index is 339. The predicted octanol–water partition coefficient (Wildman–Crippen LogP) is 0.115. The number of amides is 1. The topological polar surface area (TPSA) is 76.1 Å². The molecule has 102 valence electrons. The van der Waals surface area contributed by atoms with Gasteiger partial charge in [-0.3, -0.25) is 4.79 Å². The van der Waals surface area contributed by atoms with E-state index in [4.69, 9.17) is 14.6 Å². The number of rotatable bonds is 5. The number of aliphatic carboxylic acids is 1. The summed E-state index contributed by atoms with van der Waals surface area (Å²) in [5, 5.41) is 8.91. The van der Waals surface area contributed by atoms with E-state index in [9.17, 15) is 9.59 Å². The highest BCUT2D eigenvalue weighted by atomic mass is 16.5. The van der Waals surface area contributed by atoms with Crippen molar-refractivity contribution in [2.24, 2.45) is 5.41 Å². The molecule has 0 bridgehead atoms. The molecule has 6 nitrogen and oxygen atoms in total. The third-order valence-corrected chi connectivity index (χ3v) is 3.72. The Morgan fingerprint density at radius 2 is 2.22 bits per heavy atom. The summed E-state index contributed by atoms with van der Waals surface area (Å²) in [5.74, 6) is -0.941. The van der Waals surface area contributed by atoms with Gasteiger partial charge in [0, 0.05) is 20.3 Å². The molecule has 1 atom stereocenters. The van der Waals surface area contributed by atoms with E-state index < -0.39 is 12.1 Å². The summed E-state index contributed by atoms with van der Waals surface area (Å²) in [6.07, 6.45) is 1.59. The fourth-order valence-electron chi connectivity index (χ4n) is 2.34. The highest BCUT2D eigenvalue weighted by Crippen LogP contribution is 2.50. The van der Waals surface area contributed by atoms with Crippen LogP contribution in [0.1, 0.15) is 19.3 Å². The van der Waals surface area contributed by atoms with Crippen LogP contribution >= 0.6 is 0 Å². The van der Waals surface area contributed by atoms with Gasteiger partial charge in [0.25, 0.3) is 0 Å². The Kier molecular flexibility index (Phi) is 3.87. The highest BCUT2D eigenvalue weighted by Gasteiger charge is 2.51. The molecule has 0 aromatic rings. The van der Waals surface area contributed by atoms with Crippen molar-refractivity contribution in [1.29, 1.82) is 0 Å². The lowest BCUT2D eigenvalue weighted by Gasteiger charge is -2.33. The molecule has 1 heterocycles. The number of carbonyl (C=O) groups excluding carboxylic acids is 1. The van der Waals surface area contributed by atoms with Gasteiger partial charge in [-0.15, -0.1) is 0 Å². The van der Waals surface area contributed by atoms with Crippen LogP contribution in [0.25, 0.3) is 0 Å². The summed E-state index contributed by atoms with van der Waals surface area (Å²) in [4.78, 5) is 24.9. The lowest BCUT2D eigenvalue weighted by atomic mass is 10.0. The van der Waals surface area contributed by atoms with Crippen LogP contribution < -0.4 is 0 Å². The number of methoxy groups -OCH3 is 1. The smallest absolute Gasteiger partial charge is 0.334 e. The highest BCUT2D eigenvalue weighted by molar-refractivity contribution is 5.86. The molecule has 6 heteroatoms. The fourth-order valence-corrected chi connectivity index (χ4v) is 2.34. The van der Waals surface area contributed by atoms with Crippen LogP contribution in [0.4, 0.5) is 0 Å². The number of nitrogens with zero attached hydrogens (tertiary/aromatic N) is 1. The van der Waals surface area contributed by atoms with Gasteiger partial charge in [0.05, 0.1) is 18.6 Å². The Morgan fingerprint density at radius 3 is 2.78 bits per heavy atom. The summed E-state index contributed by atoms with van der Waals surface area (Å²) in [6, 6.07) is 0. The maximum Gasteiger partial charge on any atom is 0.334 e. The molecule has 1 saturated heterocycles. The summed E-state index contributed by atoms with van der Waals surface area (Å²) in [6.45, 7) is 1.50. The maximum atomic E-state index is 12.4. The van der Waals surface area contributed by atoms with E-state index in [1.807, 2.05) is 0 Å². The van der Waals surface area contributed by atoms with Crippen LogP contribution in [0.2, 0.25) is 0 Å².